The number of nitrogens with zero attached hydrogens (tertiary/aromatic N) is 1. The molecule has 2 unspecified atom stereocenters. The number of sulfone groups is 1. The number of carbonyl (C=O) groups excluding carboxylic acids is 2. The molecular formula is C38H57N3O7S2. The Balaban J connectivity index is 1.81. The first-order valence-electron chi connectivity index (χ1n) is 17.8. The quantitative estimate of drug-likeness (QED) is 0.165. The van der Waals surface area contributed by atoms with E-state index in [0.29, 0.717) is 24.3 Å². The summed E-state index contributed by atoms with van der Waals surface area (Å²) in [6, 6.07) is 14.5. The van der Waals surface area contributed by atoms with Crippen LogP contribution in [0.1, 0.15) is 82.8 Å². The zero-order chi connectivity index (χ0) is 36.9. The minimum absolute atomic E-state index is 0.0340. The molecule has 1 aliphatic rings. The number of hydrogen-bond acceptors (Lipinski definition) is 7. The minimum atomic E-state index is -3.68. The third kappa shape index (κ3) is 12.6. The molecule has 0 heterocycles. The van der Waals surface area contributed by atoms with Crippen molar-refractivity contribution in [2.24, 2.45) is 11.8 Å². The van der Waals surface area contributed by atoms with Gasteiger partial charge in [-0.2, -0.15) is 0 Å². The van der Waals surface area contributed by atoms with Crippen molar-refractivity contribution in [3.8, 4) is 0 Å². The van der Waals surface area contributed by atoms with Gasteiger partial charge in [-0.15, -0.1) is 6.58 Å². The molecule has 0 aliphatic heterocycles. The molecule has 3 rings (SSSR count). The van der Waals surface area contributed by atoms with Crippen molar-refractivity contribution in [1.29, 1.82) is 0 Å². The fourth-order valence-corrected chi connectivity index (χ4v) is 8.49. The van der Waals surface area contributed by atoms with E-state index < -0.39 is 55.1 Å². The first kappa shape index (κ1) is 41.4. The Morgan fingerprint density at radius 3 is 2.18 bits per heavy atom. The van der Waals surface area contributed by atoms with E-state index in [1.807, 2.05) is 30.3 Å². The molecule has 2 aromatic rings. The van der Waals surface area contributed by atoms with E-state index >= 15 is 0 Å². The summed E-state index contributed by atoms with van der Waals surface area (Å²) in [5.41, 5.74) is 1.59. The lowest BCUT2D eigenvalue weighted by molar-refractivity contribution is -0.132. The number of aliphatic hydroxyl groups is 1. The maximum atomic E-state index is 14.0. The van der Waals surface area contributed by atoms with Crippen molar-refractivity contribution >= 4 is 31.7 Å². The van der Waals surface area contributed by atoms with E-state index in [4.69, 9.17) is 0 Å². The van der Waals surface area contributed by atoms with Crippen LogP contribution in [0.3, 0.4) is 0 Å². The number of hydrogen-bond donors (Lipinski definition) is 3. The predicted molar refractivity (Wildman–Crippen MR) is 199 cm³/mol. The lowest BCUT2D eigenvalue weighted by atomic mass is 9.83. The van der Waals surface area contributed by atoms with Crippen LogP contribution in [0.2, 0.25) is 0 Å². The van der Waals surface area contributed by atoms with Crippen LogP contribution in [-0.2, 0) is 42.3 Å². The van der Waals surface area contributed by atoms with Gasteiger partial charge in [-0.1, -0.05) is 80.6 Å². The first-order valence-corrected chi connectivity index (χ1v) is 21.0. The molecule has 2 aromatic carbocycles. The van der Waals surface area contributed by atoms with Gasteiger partial charge >= 0.3 is 0 Å². The van der Waals surface area contributed by atoms with Crippen LogP contribution in [0.25, 0.3) is 0 Å². The number of benzene rings is 2. The molecule has 3 N–H and O–H groups in total. The van der Waals surface area contributed by atoms with Crippen molar-refractivity contribution < 1.29 is 31.5 Å². The fraction of sp³-hybridized carbons (Fsp3) is 0.579. The van der Waals surface area contributed by atoms with Crippen LogP contribution in [0, 0.1) is 11.8 Å². The lowest BCUT2D eigenvalue weighted by Crippen LogP contribution is -2.54. The van der Waals surface area contributed by atoms with Crippen LogP contribution in [-0.4, -0.2) is 81.3 Å². The summed E-state index contributed by atoms with van der Waals surface area (Å²) in [6.45, 7) is 7.09. The number of sulfonamides is 1. The normalized spacial score (nSPS) is 16.8. The summed E-state index contributed by atoms with van der Waals surface area (Å²) in [7, 11) is -4.01. The monoisotopic (exact) mass is 731 g/mol. The van der Waals surface area contributed by atoms with Gasteiger partial charge in [0.1, 0.15) is 6.04 Å². The maximum absolute atomic E-state index is 14.0. The molecule has 1 saturated carbocycles. The maximum Gasteiger partial charge on any atom is 0.243 e. The second-order valence-electron chi connectivity index (χ2n) is 14.1. The van der Waals surface area contributed by atoms with Crippen LogP contribution < -0.4 is 10.6 Å². The summed E-state index contributed by atoms with van der Waals surface area (Å²) in [5.74, 6) is -1.13. The minimum Gasteiger partial charge on any atom is -0.391 e. The number of carbonyl (C=O) groups is 2. The Hall–Kier alpha value is -3.06. The highest BCUT2D eigenvalue weighted by atomic mass is 32.2. The van der Waals surface area contributed by atoms with Crippen LogP contribution in [0.15, 0.2) is 72.1 Å². The highest BCUT2D eigenvalue weighted by Crippen LogP contribution is 2.29. The van der Waals surface area contributed by atoms with E-state index in [9.17, 15) is 31.5 Å². The van der Waals surface area contributed by atoms with Crippen molar-refractivity contribution in [3.05, 3.63) is 78.4 Å². The van der Waals surface area contributed by atoms with E-state index in [-0.39, 0.29) is 42.2 Å². The average Bonchev–Trinajstić information content (AvgIpc) is 3.08. The smallest absolute Gasteiger partial charge is 0.243 e. The van der Waals surface area contributed by atoms with E-state index in [2.05, 4.69) is 17.2 Å². The van der Waals surface area contributed by atoms with Gasteiger partial charge in [-0.05, 0) is 81.5 Å². The molecule has 0 aromatic heterocycles. The molecular weight excluding hydrogens is 675 g/mol. The first-order chi connectivity index (χ1) is 23.6. The number of rotatable bonds is 20. The summed E-state index contributed by atoms with van der Waals surface area (Å²) in [4.78, 5) is 28.0. The molecule has 0 radical (unpaired) electrons. The van der Waals surface area contributed by atoms with Crippen LogP contribution in [0.5, 0.6) is 0 Å². The fourth-order valence-electron chi connectivity index (χ4n) is 6.48. The molecule has 50 heavy (non-hydrogen) atoms. The zero-order valence-corrected chi connectivity index (χ0v) is 31.7. The summed E-state index contributed by atoms with van der Waals surface area (Å²) >= 11 is 0. The number of nitrogens with one attached hydrogen (secondary N) is 2. The molecule has 0 spiro atoms. The molecule has 2 amide bonds. The van der Waals surface area contributed by atoms with Gasteiger partial charge in [-0.25, -0.2) is 21.1 Å². The Kier molecular flexibility index (Phi) is 16.1. The second kappa shape index (κ2) is 19.5. The van der Waals surface area contributed by atoms with E-state index in [0.717, 1.165) is 42.0 Å². The van der Waals surface area contributed by atoms with Gasteiger partial charge in [0.15, 0.2) is 9.84 Å². The standard InChI is InChI=1S/C38H57N3O7S2/c1-6-15-34(38(44)40-35(27-30-18-11-8-12-19-30)36(42)22-14-23-49(45,46)28(2)3)39-37(43)32(24-29-16-9-7-10-17-29)25-31-20-13-21-33(26-31)50(47,48)41(4)5/h6-7,9-10,13,16-17,20-21,26,28,30,32,34-36,42H,1,8,11-12,14-15,18-19,22-25,27H2,2-5H3,(H,39,43)(H,40,44)/t32?,34-,35+,36?/m0/s1. The van der Waals surface area contributed by atoms with Gasteiger partial charge in [0.05, 0.1) is 28.0 Å². The third-order valence-electron chi connectivity index (χ3n) is 9.64. The Labute approximate surface area is 300 Å². The van der Waals surface area contributed by atoms with Crippen molar-refractivity contribution in [3.63, 3.8) is 0 Å². The molecule has 1 aliphatic carbocycles. The predicted octanol–water partition coefficient (Wildman–Crippen LogP) is 4.82. The van der Waals surface area contributed by atoms with Gasteiger partial charge < -0.3 is 15.7 Å². The molecule has 278 valence electrons. The topological polar surface area (TPSA) is 150 Å². The van der Waals surface area contributed by atoms with Crippen molar-refractivity contribution in [1.82, 2.24) is 14.9 Å². The second-order valence-corrected chi connectivity index (χ2v) is 18.9. The Morgan fingerprint density at radius 1 is 0.920 bits per heavy atom. The number of amides is 2. The largest absolute Gasteiger partial charge is 0.391 e. The number of aliphatic hydroxyl groups excluding tert-OH is 1. The van der Waals surface area contributed by atoms with Gasteiger partial charge in [-0.3, -0.25) is 9.59 Å². The van der Waals surface area contributed by atoms with E-state index in [1.165, 1.54) is 20.2 Å². The van der Waals surface area contributed by atoms with Gasteiger partial charge in [0.2, 0.25) is 21.8 Å². The van der Waals surface area contributed by atoms with Crippen LogP contribution in [0.4, 0.5) is 0 Å². The lowest BCUT2D eigenvalue weighted by Gasteiger charge is -2.31. The SMILES string of the molecule is C=CC[C@H](NC(=O)C(Cc1ccccc1)Cc1cccc(S(=O)(=O)N(C)C)c1)C(=O)N[C@H](CC1CCCCC1)C(O)CCCS(=O)(=O)C(C)C. The van der Waals surface area contributed by atoms with Crippen molar-refractivity contribution in [2.45, 2.75) is 113 Å². The highest BCUT2D eigenvalue weighted by Gasteiger charge is 2.31. The third-order valence-corrected chi connectivity index (χ3v) is 13.7. The average molecular weight is 732 g/mol. The van der Waals surface area contributed by atoms with E-state index in [1.54, 1.807) is 38.1 Å². The summed E-state index contributed by atoms with van der Waals surface area (Å²) in [6.07, 6.45) is 7.82. The Morgan fingerprint density at radius 2 is 1.56 bits per heavy atom. The molecule has 0 bridgehead atoms. The molecule has 10 nitrogen and oxygen atoms in total. The summed E-state index contributed by atoms with van der Waals surface area (Å²) in [5, 5.41) is 16.7. The molecule has 1 fully saturated rings. The molecule has 12 heteroatoms. The van der Waals surface area contributed by atoms with Gasteiger partial charge in [0, 0.05) is 20.0 Å². The summed E-state index contributed by atoms with van der Waals surface area (Å²) < 4.78 is 51.6. The molecule has 4 atom stereocenters. The van der Waals surface area contributed by atoms with Gasteiger partial charge in [0.25, 0.3) is 0 Å². The van der Waals surface area contributed by atoms with Crippen molar-refractivity contribution in [2.75, 3.05) is 19.8 Å². The zero-order valence-electron chi connectivity index (χ0n) is 30.1. The van der Waals surface area contributed by atoms with Crippen LogP contribution >= 0.6 is 0 Å². The molecule has 0 saturated heterocycles. The highest BCUT2D eigenvalue weighted by molar-refractivity contribution is 7.91. The Bertz CT molecular complexity index is 1610.